The summed E-state index contributed by atoms with van der Waals surface area (Å²) < 4.78 is 0. The van der Waals surface area contributed by atoms with Crippen molar-refractivity contribution < 1.29 is 4.79 Å². The summed E-state index contributed by atoms with van der Waals surface area (Å²) in [6.45, 7) is 1.45. The van der Waals surface area contributed by atoms with Crippen LogP contribution in [0.1, 0.15) is 11.5 Å². The maximum absolute atomic E-state index is 11.6. The van der Waals surface area contributed by atoms with Crippen molar-refractivity contribution in [1.82, 2.24) is 4.90 Å². The Hall–Kier alpha value is -1.90. The highest BCUT2D eigenvalue weighted by Crippen LogP contribution is 2.26. The first kappa shape index (κ1) is 9.33. The van der Waals surface area contributed by atoms with Gasteiger partial charge in [-0.1, -0.05) is 36.4 Å². The molecule has 3 heteroatoms. The molecule has 3 nitrogen and oxygen atoms in total. The fraction of sp³-hybridized carbons (Fsp3) is 0.231. The number of rotatable bonds is 1. The smallest absolute Gasteiger partial charge is 0.251 e. The monoisotopic (exact) mass is 212 g/mol. The van der Waals surface area contributed by atoms with Crippen LogP contribution in [-0.2, 0) is 4.79 Å². The highest BCUT2D eigenvalue weighted by atomic mass is 16.2. The van der Waals surface area contributed by atoms with Gasteiger partial charge in [-0.05, 0) is 5.56 Å². The van der Waals surface area contributed by atoms with Crippen LogP contribution in [0.5, 0.6) is 0 Å². The molecular formula is C13H12N2O. The van der Waals surface area contributed by atoms with Crippen LogP contribution >= 0.6 is 0 Å². The SMILES string of the molecule is O=C1C=CC(c2ccccc2)C2=NCCN12. The van der Waals surface area contributed by atoms with Crippen LogP contribution in [0.4, 0.5) is 0 Å². The van der Waals surface area contributed by atoms with Crippen molar-refractivity contribution in [2.75, 3.05) is 13.1 Å². The minimum absolute atomic E-state index is 0.0587. The maximum Gasteiger partial charge on any atom is 0.251 e. The molecule has 1 atom stereocenters. The number of amides is 1. The Bertz CT molecular complexity index is 476. The minimum atomic E-state index is 0.0587. The second-order valence-electron chi connectivity index (χ2n) is 3.98. The first-order chi connectivity index (χ1) is 7.86. The van der Waals surface area contributed by atoms with Gasteiger partial charge in [0.15, 0.2) is 0 Å². The van der Waals surface area contributed by atoms with E-state index in [4.69, 9.17) is 0 Å². The molecule has 2 aliphatic rings. The molecule has 1 unspecified atom stereocenters. The van der Waals surface area contributed by atoms with E-state index in [0.29, 0.717) is 0 Å². The van der Waals surface area contributed by atoms with E-state index in [1.54, 1.807) is 11.0 Å². The molecule has 2 heterocycles. The molecule has 80 valence electrons. The Balaban J connectivity index is 2.03. The van der Waals surface area contributed by atoms with Gasteiger partial charge in [0.2, 0.25) is 0 Å². The van der Waals surface area contributed by atoms with E-state index in [2.05, 4.69) is 17.1 Å². The standard InChI is InChI=1S/C13H12N2O/c16-12-7-6-11(10-4-2-1-3-5-10)13-14-8-9-15(12)13/h1-7,11H,8-9H2. The van der Waals surface area contributed by atoms with Gasteiger partial charge < -0.3 is 0 Å². The molecule has 0 N–H and O–H groups in total. The lowest BCUT2D eigenvalue weighted by Crippen LogP contribution is -2.38. The molecule has 0 saturated carbocycles. The third-order valence-corrected chi connectivity index (χ3v) is 3.01. The molecule has 1 aromatic rings. The molecule has 0 spiro atoms. The van der Waals surface area contributed by atoms with Crippen LogP contribution in [0.2, 0.25) is 0 Å². The summed E-state index contributed by atoms with van der Waals surface area (Å²) in [6.07, 6.45) is 3.60. The molecule has 16 heavy (non-hydrogen) atoms. The van der Waals surface area contributed by atoms with Crippen molar-refractivity contribution in [3.63, 3.8) is 0 Å². The third kappa shape index (κ3) is 1.36. The van der Waals surface area contributed by atoms with Crippen molar-refractivity contribution in [2.45, 2.75) is 5.92 Å². The molecule has 2 aliphatic heterocycles. The normalized spacial score (nSPS) is 23.2. The Labute approximate surface area is 94.1 Å². The zero-order valence-corrected chi connectivity index (χ0v) is 8.84. The summed E-state index contributed by atoms with van der Waals surface area (Å²) in [7, 11) is 0. The van der Waals surface area contributed by atoms with Gasteiger partial charge in [0, 0.05) is 12.6 Å². The van der Waals surface area contributed by atoms with Crippen molar-refractivity contribution in [1.29, 1.82) is 0 Å². The Morgan fingerprint density at radius 2 is 2.06 bits per heavy atom. The van der Waals surface area contributed by atoms with E-state index < -0.39 is 0 Å². The molecule has 0 radical (unpaired) electrons. The van der Waals surface area contributed by atoms with E-state index >= 15 is 0 Å². The minimum Gasteiger partial charge on any atom is -0.294 e. The second-order valence-corrected chi connectivity index (χ2v) is 3.98. The summed E-state index contributed by atoms with van der Waals surface area (Å²) in [5.41, 5.74) is 1.19. The largest absolute Gasteiger partial charge is 0.294 e. The number of hydrogen-bond donors (Lipinski definition) is 0. The number of carbonyl (C=O) groups is 1. The first-order valence-corrected chi connectivity index (χ1v) is 5.45. The molecule has 3 rings (SSSR count). The summed E-state index contributed by atoms with van der Waals surface area (Å²) in [5, 5.41) is 0. The summed E-state index contributed by atoms with van der Waals surface area (Å²) in [5.74, 6) is 1.10. The van der Waals surface area contributed by atoms with E-state index in [0.717, 1.165) is 18.9 Å². The predicted molar refractivity (Wildman–Crippen MR) is 62.3 cm³/mol. The number of nitrogens with zero attached hydrogens (tertiary/aromatic N) is 2. The molecule has 1 aromatic carbocycles. The molecule has 0 fully saturated rings. The van der Waals surface area contributed by atoms with Gasteiger partial charge in [-0.25, -0.2) is 0 Å². The second kappa shape index (κ2) is 3.59. The molecular weight excluding hydrogens is 200 g/mol. The molecule has 0 aliphatic carbocycles. The van der Waals surface area contributed by atoms with Crippen LogP contribution in [0, 0.1) is 0 Å². The highest BCUT2D eigenvalue weighted by Gasteiger charge is 2.31. The topological polar surface area (TPSA) is 32.7 Å². The first-order valence-electron chi connectivity index (χ1n) is 5.45. The van der Waals surface area contributed by atoms with Gasteiger partial charge in [0.05, 0.1) is 12.5 Å². The number of fused-ring (bicyclic) bond motifs is 1. The van der Waals surface area contributed by atoms with E-state index in [-0.39, 0.29) is 11.8 Å². The van der Waals surface area contributed by atoms with E-state index in [1.807, 2.05) is 24.3 Å². The summed E-state index contributed by atoms with van der Waals surface area (Å²) in [6, 6.07) is 10.2. The van der Waals surface area contributed by atoms with Crippen molar-refractivity contribution in [3.05, 3.63) is 48.0 Å². The Morgan fingerprint density at radius 1 is 1.25 bits per heavy atom. The van der Waals surface area contributed by atoms with Gasteiger partial charge in [0.1, 0.15) is 5.84 Å². The van der Waals surface area contributed by atoms with Crippen LogP contribution in [0.15, 0.2) is 47.5 Å². The number of carbonyl (C=O) groups excluding carboxylic acids is 1. The summed E-state index contributed by atoms with van der Waals surface area (Å²) in [4.78, 5) is 17.8. The molecule has 1 amide bonds. The average molecular weight is 212 g/mol. The fourth-order valence-corrected chi connectivity index (χ4v) is 2.23. The van der Waals surface area contributed by atoms with Crippen molar-refractivity contribution in [2.24, 2.45) is 4.99 Å². The van der Waals surface area contributed by atoms with Crippen LogP contribution in [0.3, 0.4) is 0 Å². The zero-order valence-electron chi connectivity index (χ0n) is 8.84. The van der Waals surface area contributed by atoms with Crippen LogP contribution in [-0.4, -0.2) is 29.7 Å². The van der Waals surface area contributed by atoms with Gasteiger partial charge in [-0.2, -0.15) is 0 Å². The van der Waals surface area contributed by atoms with Crippen LogP contribution < -0.4 is 0 Å². The van der Waals surface area contributed by atoms with Gasteiger partial charge in [-0.15, -0.1) is 0 Å². The molecule has 0 saturated heterocycles. The predicted octanol–water partition coefficient (Wildman–Crippen LogP) is 1.58. The maximum atomic E-state index is 11.6. The third-order valence-electron chi connectivity index (χ3n) is 3.01. The fourth-order valence-electron chi connectivity index (χ4n) is 2.23. The quantitative estimate of drug-likeness (QED) is 0.695. The number of benzene rings is 1. The lowest BCUT2D eigenvalue weighted by atomic mass is 9.94. The van der Waals surface area contributed by atoms with Gasteiger partial charge in [-0.3, -0.25) is 14.7 Å². The number of aliphatic imine (C=N–C) groups is 1. The van der Waals surface area contributed by atoms with Gasteiger partial charge in [0.25, 0.3) is 5.91 Å². The lowest BCUT2D eigenvalue weighted by molar-refractivity contribution is -0.122. The number of hydrogen-bond acceptors (Lipinski definition) is 2. The zero-order chi connectivity index (χ0) is 11.0. The van der Waals surface area contributed by atoms with Crippen LogP contribution in [0.25, 0.3) is 0 Å². The average Bonchev–Trinajstić information content (AvgIpc) is 2.81. The van der Waals surface area contributed by atoms with Crippen molar-refractivity contribution >= 4 is 11.7 Å². The summed E-state index contributed by atoms with van der Waals surface area (Å²) >= 11 is 0. The lowest BCUT2D eigenvalue weighted by Gasteiger charge is -2.26. The Kier molecular flexibility index (Phi) is 2.10. The molecule has 0 bridgehead atoms. The van der Waals surface area contributed by atoms with Gasteiger partial charge >= 0.3 is 0 Å². The molecule has 0 aromatic heterocycles. The highest BCUT2D eigenvalue weighted by molar-refractivity contribution is 6.10. The Morgan fingerprint density at radius 3 is 2.88 bits per heavy atom. The number of amidine groups is 1. The van der Waals surface area contributed by atoms with E-state index in [9.17, 15) is 4.79 Å². The van der Waals surface area contributed by atoms with E-state index in [1.165, 1.54) is 5.56 Å². The van der Waals surface area contributed by atoms with Crippen molar-refractivity contribution in [3.8, 4) is 0 Å².